The molecule has 0 unspecified atom stereocenters. The van der Waals surface area contributed by atoms with E-state index < -0.39 is 6.09 Å². The fourth-order valence-electron chi connectivity index (χ4n) is 12.1. The zero-order valence-corrected chi connectivity index (χ0v) is 37.8. The molecule has 8 atom stereocenters. The second-order valence-corrected chi connectivity index (χ2v) is 20.1. The maximum atomic E-state index is 13.7. The standard InChI is InChI=1S/C49H88N4O4/c1-7-8-9-10-11-12-13-14-15-16-22-45(54)51-33-19-34-53(36-46(55)52-32-18-31-50)47(56)57-40-27-29-48(5)39(35-40)23-24-41-43-26-25-42(38(4)21-17-20-37(2)3)49(43,6)30-28-44(41)48/h23,37-38,40-44H,7-22,24-36,50H2,1-6H3,(H,51,54)(H,52,55)/t38-,40+,41+,42-,43+,44+,48+,49-/m1/s1. The van der Waals surface area contributed by atoms with E-state index in [1.54, 1.807) is 0 Å². The summed E-state index contributed by atoms with van der Waals surface area (Å²) in [4.78, 5) is 40.7. The van der Waals surface area contributed by atoms with Gasteiger partial charge in [0, 0.05) is 32.5 Å². The van der Waals surface area contributed by atoms with Gasteiger partial charge < -0.3 is 21.1 Å². The Bertz CT molecular complexity index is 1250. The summed E-state index contributed by atoms with van der Waals surface area (Å²) in [7, 11) is 0. The molecular weight excluding hydrogens is 709 g/mol. The normalized spacial score (nSPS) is 28.5. The third-order valence-corrected chi connectivity index (χ3v) is 15.5. The predicted octanol–water partition coefficient (Wildman–Crippen LogP) is 11.1. The van der Waals surface area contributed by atoms with E-state index in [1.807, 2.05) is 0 Å². The number of nitrogens with zero attached hydrogens (tertiary/aromatic N) is 1. The summed E-state index contributed by atoms with van der Waals surface area (Å²) < 4.78 is 6.24. The molecule has 8 heteroatoms. The fourth-order valence-corrected chi connectivity index (χ4v) is 12.1. The molecule has 0 aromatic heterocycles. The van der Waals surface area contributed by atoms with Crippen molar-refractivity contribution in [2.24, 2.45) is 52.1 Å². The Hall–Kier alpha value is -2.09. The third-order valence-electron chi connectivity index (χ3n) is 15.5. The molecule has 0 saturated heterocycles. The van der Waals surface area contributed by atoms with E-state index in [1.165, 1.54) is 113 Å². The SMILES string of the molecule is CCCCCCCCCCCCC(=O)NCCCN(CC(=O)NCCCN)C(=O)O[C@H]1CC[C@@]2(C)C(=CC[C@H]3[C@@H]4CC[C@H]([C@H](C)CCCC(C)C)[C@@]4(C)CC[C@@H]32)C1. The van der Waals surface area contributed by atoms with Crippen molar-refractivity contribution in [1.29, 1.82) is 0 Å². The summed E-state index contributed by atoms with van der Waals surface area (Å²) in [6.07, 6.45) is 29.7. The van der Waals surface area contributed by atoms with E-state index in [2.05, 4.69) is 58.3 Å². The lowest BCUT2D eigenvalue weighted by molar-refractivity contribution is -0.123. The first-order chi connectivity index (χ1) is 27.4. The van der Waals surface area contributed by atoms with Crippen LogP contribution >= 0.6 is 0 Å². The van der Waals surface area contributed by atoms with Crippen LogP contribution in [0.4, 0.5) is 4.79 Å². The lowest BCUT2D eigenvalue weighted by Crippen LogP contribution is -2.51. The van der Waals surface area contributed by atoms with Gasteiger partial charge in [-0.2, -0.15) is 0 Å². The Kier molecular flexibility index (Phi) is 20.2. The molecule has 4 aliphatic carbocycles. The molecule has 8 nitrogen and oxygen atoms in total. The summed E-state index contributed by atoms with van der Waals surface area (Å²) in [6.45, 7) is 16.5. The minimum atomic E-state index is -0.420. The Morgan fingerprint density at radius 3 is 2.19 bits per heavy atom. The molecule has 4 aliphatic rings. The molecule has 0 aromatic rings. The summed E-state index contributed by atoms with van der Waals surface area (Å²) in [5.74, 6) is 4.66. The molecule has 328 valence electrons. The fraction of sp³-hybridized carbons (Fsp3) is 0.898. The van der Waals surface area contributed by atoms with Gasteiger partial charge in [0.05, 0.1) is 0 Å². The van der Waals surface area contributed by atoms with Crippen LogP contribution in [0.5, 0.6) is 0 Å². The molecule has 0 aliphatic heterocycles. The number of carbonyl (C=O) groups excluding carboxylic acids is 3. The quantitative estimate of drug-likeness (QED) is 0.0596. The lowest BCUT2D eigenvalue weighted by Gasteiger charge is -2.58. The van der Waals surface area contributed by atoms with Gasteiger partial charge in [0.1, 0.15) is 12.6 Å². The number of nitrogens with one attached hydrogen (secondary N) is 2. The van der Waals surface area contributed by atoms with E-state index in [-0.39, 0.29) is 29.9 Å². The maximum Gasteiger partial charge on any atom is 0.410 e. The average Bonchev–Trinajstić information content (AvgIpc) is 3.54. The zero-order valence-electron chi connectivity index (χ0n) is 37.8. The molecule has 0 heterocycles. The van der Waals surface area contributed by atoms with Crippen LogP contribution in [0.2, 0.25) is 0 Å². The second-order valence-electron chi connectivity index (χ2n) is 20.1. The zero-order chi connectivity index (χ0) is 41.3. The van der Waals surface area contributed by atoms with Crippen LogP contribution < -0.4 is 16.4 Å². The van der Waals surface area contributed by atoms with Crippen molar-refractivity contribution in [3.05, 3.63) is 11.6 Å². The molecule has 0 bridgehead atoms. The van der Waals surface area contributed by atoms with Crippen LogP contribution in [0.3, 0.4) is 0 Å². The van der Waals surface area contributed by atoms with Crippen molar-refractivity contribution in [3.8, 4) is 0 Å². The molecule has 0 spiro atoms. The van der Waals surface area contributed by atoms with Crippen LogP contribution in [-0.2, 0) is 14.3 Å². The van der Waals surface area contributed by atoms with Gasteiger partial charge >= 0.3 is 6.09 Å². The number of hydrogen-bond donors (Lipinski definition) is 3. The minimum Gasteiger partial charge on any atom is -0.446 e. The van der Waals surface area contributed by atoms with Gasteiger partial charge in [-0.15, -0.1) is 0 Å². The number of carbonyl (C=O) groups is 3. The van der Waals surface area contributed by atoms with Crippen LogP contribution in [0, 0.1) is 46.3 Å². The first-order valence-electron chi connectivity index (χ1n) is 24.3. The summed E-state index contributed by atoms with van der Waals surface area (Å²) in [5.41, 5.74) is 7.80. The van der Waals surface area contributed by atoms with Crippen molar-refractivity contribution in [2.45, 2.75) is 202 Å². The number of ether oxygens (including phenoxy) is 1. The number of hydrogen-bond acceptors (Lipinski definition) is 5. The Labute approximate surface area is 349 Å². The molecule has 0 aromatic carbocycles. The summed E-state index contributed by atoms with van der Waals surface area (Å²) >= 11 is 0. The predicted molar refractivity (Wildman–Crippen MR) is 236 cm³/mol. The summed E-state index contributed by atoms with van der Waals surface area (Å²) in [5, 5.41) is 5.93. The Morgan fingerprint density at radius 1 is 0.807 bits per heavy atom. The van der Waals surface area contributed by atoms with E-state index >= 15 is 0 Å². The van der Waals surface area contributed by atoms with Crippen LogP contribution in [0.15, 0.2) is 11.6 Å². The summed E-state index contributed by atoms with van der Waals surface area (Å²) in [6, 6.07) is 0. The number of fused-ring (bicyclic) bond motifs is 5. The highest BCUT2D eigenvalue weighted by atomic mass is 16.6. The monoisotopic (exact) mass is 797 g/mol. The molecule has 57 heavy (non-hydrogen) atoms. The minimum absolute atomic E-state index is 0.0513. The van der Waals surface area contributed by atoms with Crippen LogP contribution in [0.25, 0.3) is 0 Å². The number of unbranched alkanes of at least 4 members (excludes halogenated alkanes) is 9. The largest absolute Gasteiger partial charge is 0.446 e. The van der Waals surface area contributed by atoms with Gasteiger partial charge in [0.2, 0.25) is 11.8 Å². The first kappa shape index (κ1) is 47.6. The van der Waals surface area contributed by atoms with Crippen molar-refractivity contribution in [2.75, 3.05) is 32.7 Å². The molecule has 3 fully saturated rings. The van der Waals surface area contributed by atoms with Gasteiger partial charge in [-0.1, -0.05) is 130 Å². The van der Waals surface area contributed by atoms with Crippen LogP contribution in [-0.4, -0.2) is 61.6 Å². The Balaban J connectivity index is 1.24. The Morgan fingerprint density at radius 2 is 1.49 bits per heavy atom. The van der Waals surface area contributed by atoms with Gasteiger partial charge in [-0.3, -0.25) is 14.5 Å². The number of amides is 3. The third kappa shape index (κ3) is 14.0. The van der Waals surface area contributed by atoms with Gasteiger partial charge in [0.15, 0.2) is 0 Å². The number of rotatable bonds is 26. The molecule has 3 amide bonds. The molecule has 4 rings (SSSR count). The van der Waals surface area contributed by atoms with E-state index in [0.29, 0.717) is 50.9 Å². The molecule has 4 N–H and O–H groups in total. The topological polar surface area (TPSA) is 114 Å². The number of nitrogens with two attached hydrogens (primary N) is 1. The highest BCUT2D eigenvalue weighted by Crippen LogP contribution is 2.67. The van der Waals surface area contributed by atoms with Crippen LogP contribution in [0.1, 0.15) is 196 Å². The number of allylic oxidation sites excluding steroid dienone is 1. The van der Waals surface area contributed by atoms with Gasteiger partial charge in [0.25, 0.3) is 0 Å². The van der Waals surface area contributed by atoms with Crippen molar-refractivity contribution < 1.29 is 19.1 Å². The van der Waals surface area contributed by atoms with E-state index in [9.17, 15) is 14.4 Å². The van der Waals surface area contributed by atoms with Crippen molar-refractivity contribution >= 4 is 17.9 Å². The highest BCUT2D eigenvalue weighted by molar-refractivity contribution is 5.82. The van der Waals surface area contributed by atoms with E-state index in [0.717, 1.165) is 67.6 Å². The smallest absolute Gasteiger partial charge is 0.410 e. The highest BCUT2D eigenvalue weighted by Gasteiger charge is 2.59. The molecule has 3 saturated carbocycles. The van der Waals surface area contributed by atoms with Gasteiger partial charge in [-0.25, -0.2) is 4.79 Å². The van der Waals surface area contributed by atoms with Crippen molar-refractivity contribution in [1.82, 2.24) is 15.5 Å². The van der Waals surface area contributed by atoms with Gasteiger partial charge in [-0.05, 0) is 117 Å². The molecular formula is C49H88N4O4. The van der Waals surface area contributed by atoms with Crippen molar-refractivity contribution in [3.63, 3.8) is 0 Å². The molecule has 0 radical (unpaired) electrons. The maximum absolute atomic E-state index is 13.7. The first-order valence-corrected chi connectivity index (χ1v) is 24.3. The lowest BCUT2D eigenvalue weighted by atomic mass is 9.47. The average molecular weight is 797 g/mol. The second kappa shape index (κ2) is 24.2. The van der Waals surface area contributed by atoms with E-state index in [4.69, 9.17) is 10.5 Å².